The Kier molecular flexibility index (Phi) is 4.84. The lowest BCUT2D eigenvalue weighted by atomic mass is 10.0. The summed E-state index contributed by atoms with van der Waals surface area (Å²) in [5.74, 6) is 0.344. The molecule has 0 aromatic heterocycles. The first kappa shape index (κ1) is 15.1. The van der Waals surface area contributed by atoms with Crippen LogP contribution < -0.4 is 5.32 Å². The Balaban J connectivity index is 2.15. The highest BCUT2D eigenvalue weighted by atomic mass is 79.9. The third-order valence-corrected chi connectivity index (χ3v) is 3.99. The summed E-state index contributed by atoms with van der Waals surface area (Å²) in [6.45, 7) is 6.24. The first-order chi connectivity index (χ1) is 9.47. The summed E-state index contributed by atoms with van der Waals surface area (Å²) in [5, 5.41) is 13.5. The van der Waals surface area contributed by atoms with Crippen LogP contribution in [0.25, 0.3) is 0 Å². The maximum atomic E-state index is 9.99. The number of benzene rings is 2. The molecule has 20 heavy (non-hydrogen) atoms. The number of hydrogen-bond donors (Lipinski definition) is 2. The van der Waals surface area contributed by atoms with E-state index in [2.05, 4.69) is 47.2 Å². The maximum absolute atomic E-state index is 9.99. The van der Waals surface area contributed by atoms with Crippen LogP contribution in [0.5, 0.6) is 5.75 Å². The van der Waals surface area contributed by atoms with Crippen molar-refractivity contribution in [3.8, 4) is 5.75 Å². The molecule has 0 heterocycles. The third-order valence-electron chi connectivity index (χ3n) is 3.50. The van der Waals surface area contributed by atoms with E-state index in [0.29, 0.717) is 5.75 Å². The topological polar surface area (TPSA) is 32.3 Å². The second-order valence-corrected chi connectivity index (χ2v) is 6.14. The minimum atomic E-state index is 0.0869. The molecule has 2 rings (SSSR count). The molecule has 2 N–H and O–H groups in total. The molecule has 2 atom stereocenters. The molecule has 2 nitrogen and oxygen atoms in total. The largest absolute Gasteiger partial charge is 0.508 e. The average molecular weight is 334 g/mol. The molecule has 0 fully saturated rings. The highest BCUT2D eigenvalue weighted by Gasteiger charge is 2.14. The predicted molar refractivity (Wildman–Crippen MR) is 87.0 cm³/mol. The minimum Gasteiger partial charge on any atom is -0.508 e. The van der Waals surface area contributed by atoms with Crippen molar-refractivity contribution in [2.45, 2.75) is 32.9 Å². The van der Waals surface area contributed by atoms with Gasteiger partial charge in [0.05, 0.1) is 0 Å². The minimum absolute atomic E-state index is 0.0869. The van der Waals surface area contributed by atoms with Crippen molar-refractivity contribution in [3.63, 3.8) is 0 Å². The van der Waals surface area contributed by atoms with Gasteiger partial charge in [-0.05, 0) is 44.5 Å². The molecule has 2 aromatic carbocycles. The van der Waals surface area contributed by atoms with E-state index >= 15 is 0 Å². The standard InChI is InChI=1S/C17H20BrNO/c1-11-7-8-17(20)16(9-11)13(3)19-12(2)14-5-4-6-15(18)10-14/h4-10,12-13,19-20H,1-3H3/t12-,13?/m0/s1. The van der Waals surface area contributed by atoms with E-state index in [-0.39, 0.29) is 12.1 Å². The van der Waals surface area contributed by atoms with Crippen LogP contribution in [0.1, 0.15) is 42.6 Å². The van der Waals surface area contributed by atoms with Crippen LogP contribution >= 0.6 is 15.9 Å². The summed E-state index contributed by atoms with van der Waals surface area (Å²) in [4.78, 5) is 0. The smallest absolute Gasteiger partial charge is 0.120 e. The second-order valence-electron chi connectivity index (χ2n) is 5.23. The fourth-order valence-electron chi connectivity index (χ4n) is 2.36. The number of phenols is 1. The zero-order chi connectivity index (χ0) is 14.7. The number of nitrogens with one attached hydrogen (secondary N) is 1. The van der Waals surface area contributed by atoms with Crippen molar-refractivity contribution in [1.82, 2.24) is 5.32 Å². The zero-order valence-electron chi connectivity index (χ0n) is 12.0. The zero-order valence-corrected chi connectivity index (χ0v) is 13.6. The van der Waals surface area contributed by atoms with Gasteiger partial charge < -0.3 is 10.4 Å². The summed E-state index contributed by atoms with van der Waals surface area (Å²) < 4.78 is 1.08. The van der Waals surface area contributed by atoms with Crippen molar-refractivity contribution in [2.75, 3.05) is 0 Å². The number of rotatable bonds is 4. The van der Waals surface area contributed by atoms with E-state index in [4.69, 9.17) is 0 Å². The third kappa shape index (κ3) is 3.62. The number of hydrogen-bond acceptors (Lipinski definition) is 2. The fraction of sp³-hybridized carbons (Fsp3) is 0.294. The second kappa shape index (κ2) is 6.42. The van der Waals surface area contributed by atoms with Crippen LogP contribution in [-0.4, -0.2) is 5.11 Å². The Labute approximate surface area is 129 Å². The Bertz CT molecular complexity index is 597. The van der Waals surface area contributed by atoms with Crippen molar-refractivity contribution in [2.24, 2.45) is 0 Å². The van der Waals surface area contributed by atoms with E-state index in [0.717, 1.165) is 15.6 Å². The van der Waals surface area contributed by atoms with Crippen LogP contribution in [0.2, 0.25) is 0 Å². The van der Waals surface area contributed by atoms with Crippen LogP contribution in [-0.2, 0) is 0 Å². The van der Waals surface area contributed by atoms with E-state index in [1.807, 2.05) is 31.2 Å². The molecule has 0 amide bonds. The quantitative estimate of drug-likeness (QED) is 0.836. The molecular formula is C17H20BrNO. The lowest BCUT2D eigenvalue weighted by Crippen LogP contribution is -2.22. The lowest BCUT2D eigenvalue weighted by molar-refractivity contribution is 0.438. The van der Waals surface area contributed by atoms with Crippen molar-refractivity contribution >= 4 is 15.9 Å². The maximum Gasteiger partial charge on any atom is 0.120 e. The van der Waals surface area contributed by atoms with Gasteiger partial charge in [0.2, 0.25) is 0 Å². The summed E-state index contributed by atoms with van der Waals surface area (Å²) >= 11 is 3.49. The van der Waals surface area contributed by atoms with Crippen LogP contribution in [0, 0.1) is 6.92 Å². The van der Waals surface area contributed by atoms with Crippen LogP contribution in [0.4, 0.5) is 0 Å². The van der Waals surface area contributed by atoms with E-state index in [1.165, 1.54) is 5.56 Å². The summed E-state index contributed by atoms with van der Waals surface area (Å²) in [6, 6.07) is 14.3. The predicted octanol–water partition coefficient (Wildman–Crippen LogP) is 4.87. The molecule has 1 unspecified atom stereocenters. The van der Waals surface area contributed by atoms with Crippen molar-refractivity contribution < 1.29 is 5.11 Å². The number of phenolic OH excluding ortho intramolecular Hbond substituents is 1. The Hall–Kier alpha value is -1.32. The van der Waals surface area contributed by atoms with Crippen LogP contribution in [0.15, 0.2) is 46.9 Å². The van der Waals surface area contributed by atoms with Gasteiger partial charge >= 0.3 is 0 Å². The van der Waals surface area contributed by atoms with Gasteiger partial charge in [0, 0.05) is 22.1 Å². The van der Waals surface area contributed by atoms with Gasteiger partial charge in [0.15, 0.2) is 0 Å². The monoisotopic (exact) mass is 333 g/mol. The highest BCUT2D eigenvalue weighted by Crippen LogP contribution is 2.27. The summed E-state index contributed by atoms with van der Waals surface area (Å²) in [7, 11) is 0. The highest BCUT2D eigenvalue weighted by molar-refractivity contribution is 9.10. The van der Waals surface area contributed by atoms with Crippen LogP contribution in [0.3, 0.4) is 0 Å². The van der Waals surface area contributed by atoms with Gasteiger partial charge in [-0.1, -0.05) is 45.8 Å². The molecule has 0 aliphatic rings. The first-order valence-corrected chi connectivity index (χ1v) is 7.57. The average Bonchev–Trinajstić information content (AvgIpc) is 2.41. The van der Waals surface area contributed by atoms with Gasteiger partial charge in [-0.2, -0.15) is 0 Å². The van der Waals surface area contributed by atoms with Gasteiger partial charge in [-0.15, -0.1) is 0 Å². The molecule has 0 spiro atoms. The molecule has 3 heteroatoms. The van der Waals surface area contributed by atoms with Gasteiger partial charge in [-0.3, -0.25) is 0 Å². The Morgan fingerprint density at radius 3 is 2.50 bits per heavy atom. The molecule has 0 aliphatic heterocycles. The van der Waals surface area contributed by atoms with Crippen molar-refractivity contribution in [1.29, 1.82) is 0 Å². The SMILES string of the molecule is Cc1ccc(O)c(C(C)N[C@@H](C)c2cccc(Br)c2)c1. The number of aromatic hydroxyl groups is 1. The normalized spacial score (nSPS) is 14.0. The summed E-state index contributed by atoms with van der Waals surface area (Å²) in [5.41, 5.74) is 3.31. The molecule has 0 aliphatic carbocycles. The molecule has 0 saturated carbocycles. The van der Waals surface area contributed by atoms with Gasteiger partial charge in [-0.25, -0.2) is 0 Å². The molecule has 2 aromatic rings. The molecule has 0 radical (unpaired) electrons. The van der Waals surface area contributed by atoms with E-state index in [9.17, 15) is 5.11 Å². The molecular weight excluding hydrogens is 314 g/mol. The van der Waals surface area contributed by atoms with Gasteiger partial charge in [0.1, 0.15) is 5.75 Å². The summed E-state index contributed by atoms with van der Waals surface area (Å²) in [6.07, 6.45) is 0. The lowest BCUT2D eigenvalue weighted by Gasteiger charge is -2.22. The van der Waals surface area contributed by atoms with Crippen molar-refractivity contribution in [3.05, 3.63) is 63.6 Å². The Morgan fingerprint density at radius 2 is 1.80 bits per heavy atom. The molecule has 106 valence electrons. The Morgan fingerprint density at radius 1 is 1.05 bits per heavy atom. The fourth-order valence-corrected chi connectivity index (χ4v) is 2.77. The first-order valence-electron chi connectivity index (χ1n) is 6.78. The van der Waals surface area contributed by atoms with Gasteiger partial charge in [0.25, 0.3) is 0 Å². The molecule has 0 saturated heterocycles. The number of aryl methyl sites for hydroxylation is 1. The number of halogens is 1. The van der Waals surface area contributed by atoms with E-state index < -0.39 is 0 Å². The van der Waals surface area contributed by atoms with E-state index in [1.54, 1.807) is 6.07 Å². The molecule has 0 bridgehead atoms.